The molecule has 0 radical (unpaired) electrons. The molecule has 0 aliphatic heterocycles. The lowest BCUT2D eigenvalue weighted by Gasteiger charge is -2.10. The monoisotopic (exact) mass is 262 g/mol. The summed E-state index contributed by atoms with van der Waals surface area (Å²) in [7, 11) is -3.00. The van der Waals surface area contributed by atoms with Gasteiger partial charge in [-0.05, 0) is 12.5 Å². The Hall–Kier alpha value is 1.09. The van der Waals surface area contributed by atoms with Crippen molar-refractivity contribution in [3.05, 3.63) is 0 Å². The van der Waals surface area contributed by atoms with E-state index in [0.717, 1.165) is 0 Å². The van der Waals surface area contributed by atoms with Gasteiger partial charge in [0.2, 0.25) is 0 Å². The summed E-state index contributed by atoms with van der Waals surface area (Å²) < 4.78 is 22.4. The molecule has 0 rings (SSSR count). The molecular formula is C5H10O2S5. The van der Waals surface area contributed by atoms with Crippen LogP contribution in [0.1, 0.15) is 0 Å². The normalized spacial score (nSPS) is 14.2. The van der Waals surface area contributed by atoms with Gasteiger partial charge in [0.25, 0.3) is 0 Å². The van der Waals surface area contributed by atoms with Gasteiger partial charge in [0, 0.05) is 6.26 Å². The third-order valence-electron chi connectivity index (χ3n) is 0.901. The van der Waals surface area contributed by atoms with E-state index in [1.807, 2.05) is 6.26 Å². The zero-order chi connectivity index (χ0) is 9.78. The van der Waals surface area contributed by atoms with Crippen LogP contribution in [0.2, 0.25) is 0 Å². The van der Waals surface area contributed by atoms with Crippen molar-refractivity contribution in [1.82, 2.24) is 0 Å². The maximum atomic E-state index is 11.1. The van der Waals surface area contributed by atoms with E-state index in [2.05, 4.69) is 0 Å². The van der Waals surface area contributed by atoms with Crippen molar-refractivity contribution in [2.24, 2.45) is 0 Å². The van der Waals surface area contributed by atoms with Crippen LogP contribution < -0.4 is 0 Å². The zero-order valence-corrected chi connectivity index (χ0v) is 11.0. The predicted octanol–water partition coefficient (Wildman–Crippen LogP) is 2.06. The van der Waals surface area contributed by atoms with Gasteiger partial charge >= 0.3 is 0 Å². The standard InChI is InChI=1S/C5H10O2S5/c1-9-4(8)11-5(10-2)12(3,6)7/h5H,1-3H3. The Morgan fingerprint density at radius 2 is 1.92 bits per heavy atom. The van der Waals surface area contributed by atoms with Crippen LogP contribution in [-0.2, 0) is 9.84 Å². The molecule has 0 aromatic heterocycles. The first-order chi connectivity index (χ1) is 5.41. The molecule has 1 atom stereocenters. The number of thioether (sulfide) groups is 3. The Morgan fingerprint density at radius 3 is 2.17 bits per heavy atom. The molecule has 0 bridgehead atoms. The molecule has 7 heteroatoms. The number of sulfone groups is 1. The molecule has 12 heavy (non-hydrogen) atoms. The molecular weight excluding hydrogens is 252 g/mol. The Labute approximate surface area is 91.6 Å². The summed E-state index contributed by atoms with van der Waals surface area (Å²) in [4.78, 5) is 0. The lowest BCUT2D eigenvalue weighted by Crippen LogP contribution is -2.12. The first-order valence-electron chi connectivity index (χ1n) is 2.88. The fourth-order valence-corrected chi connectivity index (χ4v) is 5.35. The molecule has 0 aromatic carbocycles. The Kier molecular flexibility index (Phi) is 6.27. The lowest BCUT2D eigenvalue weighted by molar-refractivity contribution is 0.605. The molecule has 0 fully saturated rings. The number of hydrogen-bond acceptors (Lipinski definition) is 6. The van der Waals surface area contributed by atoms with Gasteiger partial charge in [0.05, 0.1) is 0 Å². The Morgan fingerprint density at radius 1 is 1.42 bits per heavy atom. The first-order valence-corrected chi connectivity index (χ1v) is 8.63. The molecule has 0 spiro atoms. The van der Waals surface area contributed by atoms with E-state index in [0.29, 0.717) is 3.53 Å². The lowest BCUT2D eigenvalue weighted by atomic mass is 11.8. The van der Waals surface area contributed by atoms with Crippen LogP contribution >= 0.6 is 47.5 Å². The van der Waals surface area contributed by atoms with Crippen LogP contribution in [0, 0.1) is 0 Å². The maximum Gasteiger partial charge on any atom is 0.169 e. The van der Waals surface area contributed by atoms with Crippen molar-refractivity contribution in [3.63, 3.8) is 0 Å². The SMILES string of the molecule is CSC(=S)SC(SC)S(C)(=O)=O. The van der Waals surface area contributed by atoms with Crippen molar-refractivity contribution < 1.29 is 8.42 Å². The quantitative estimate of drug-likeness (QED) is 0.572. The molecule has 72 valence electrons. The van der Waals surface area contributed by atoms with Crippen molar-refractivity contribution in [2.75, 3.05) is 18.8 Å². The highest BCUT2D eigenvalue weighted by molar-refractivity contribution is 8.52. The minimum absolute atomic E-state index is 0.461. The van der Waals surface area contributed by atoms with E-state index in [1.165, 1.54) is 41.5 Å². The average Bonchev–Trinajstić information content (AvgIpc) is 1.97. The summed E-state index contributed by atoms with van der Waals surface area (Å²) in [6.07, 6.45) is 4.83. The number of thiocarbonyl (C=S) groups is 1. The van der Waals surface area contributed by atoms with E-state index >= 15 is 0 Å². The van der Waals surface area contributed by atoms with Crippen molar-refractivity contribution in [1.29, 1.82) is 0 Å². The van der Waals surface area contributed by atoms with Crippen LogP contribution in [0.5, 0.6) is 0 Å². The second-order valence-corrected chi connectivity index (χ2v) is 9.01. The van der Waals surface area contributed by atoms with E-state index in [1.54, 1.807) is 6.26 Å². The van der Waals surface area contributed by atoms with Gasteiger partial charge in [-0.3, -0.25) is 0 Å². The van der Waals surface area contributed by atoms with Gasteiger partial charge in [0.15, 0.2) is 13.8 Å². The van der Waals surface area contributed by atoms with E-state index in [-0.39, 0.29) is 0 Å². The van der Waals surface area contributed by atoms with Gasteiger partial charge < -0.3 is 0 Å². The molecule has 0 N–H and O–H groups in total. The van der Waals surface area contributed by atoms with E-state index in [4.69, 9.17) is 12.2 Å². The summed E-state index contributed by atoms with van der Waals surface area (Å²) in [5, 5.41) is 0. The Balaban J connectivity index is 4.30. The number of hydrogen-bond donors (Lipinski definition) is 0. The summed E-state index contributed by atoms with van der Waals surface area (Å²) in [6.45, 7) is 0. The van der Waals surface area contributed by atoms with Gasteiger partial charge in [-0.15, -0.1) is 23.5 Å². The predicted molar refractivity (Wildman–Crippen MR) is 65.9 cm³/mol. The average molecular weight is 262 g/mol. The highest BCUT2D eigenvalue weighted by atomic mass is 32.3. The van der Waals surface area contributed by atoms with Gasteiger partial charge in [0.1, 0.15) is 3.53 Å². The van der Waals surface area contributed by atoms with Crippen LogP contribution in [0.15, 0.2) is 0 Å². The largest absolute Gasteiger partial charge is 0.227 e. The fraction of sp³-hybridized carbons (Fsp3) is 0.800. The molecule has 1 unspecified atom stereocenters. The zero-order valence-electron chi connectivity index (χ0n) is 6.94. The topological polar surface area (TPSA) is 34.1 Å². The molecule has 0 aromatic rings. The van der Waals surface area contributed by atoms with E-state index in [9.17, 15) is 8.42 Å². The third-order valence-corrected chi connectivity index (χ3v) is 8.11. The minimum atomic E-state index is -3.00. The van der Waals surface area contributed by atoms with Crippen LogP contribution in [0.4, 0.5) is 0 Å². The molecule has 0 heterocycles. The van der Waals surface area contributed by atoms with E-state index < -0.39 is 13.8 Å². The van der Waals surface area contributed by atoms with Gasteiger partial charge in [-0.1, -0.05) is 24.0 Å². The highest BCUT2D eigenvalue weighted by Gasteiger charge is 2.21. The molecule has 0 saturated carbocycles. The van der Waals surface area contributed by atoms with Crippen LogP contribution in [-0.4, -0.2) is 34.6 Å². The molecule has 2 nitrogen and oxygen atoms in total. The second-order valence-electron chi connectivity index (χ2n) is 1.93. The van der Waals surface area contributed by atoms with Gasteiger partial charge in [-0.25, -0.2) is 8.42 Å². The summed E-state index contributed by atoms with van der Waals surface area (Å²) in [5.41, 5.74) is 0. The molecule has 0 saturated heterocycles. The smallest absolute Gasteiger partial charge is 0.169 e. The summed E-state index contributed by atoms with van der Waals surface area (Å²) in [6, 6.07) is 0. The van der Waals surface area contributed by atoms with Crippen molar-refractivity contribution >= 4 is 60.9 Å². The molecule has 0 aliphatic rings. The molecule has 0 amide bonds. The second kappa shape index (κ2) is 5.74. The summed E-state index contributed by atoms with van der Waals surface area (Å²) in [5.74, 6) is 0. The maximum absolute atomic E-state index is 11.1. The fourth-order valence-electron chi connectivity index (χ4n) is 0.437. The third kappa shape index (κ3) is 4.96. The van der Waals surface area contributed by atoms with Crippen molar-refractivity contribution in [2.45, 2.75) is 3.91 Å². The van der Waals surface area contributed by atoms with Crippen LogP contribution in [0.25, 0.3) is 0 Å². The summed E-state index contributed by atoms with van der Waals surface area (Å²) >= 11 is 8.83. The molecule has 0 aliphatic carbocycles. The highest BCUT2D eigenvalue weighted by Crippen LogP contribution is 2.30. The van der Waals surface area contributed by atoms with Crippen molar-refractivity contribution in [3.8, 4) is 0 Å². The van der Waals surface area contributed by atoms with Crippen LogP contribution in [0.3, 0.4) is 0 Å². The number of rotatable bonds is 3. The van der Waals surface area contributed by atoms with Gasteiger partial charge in [-0.2, -0.15) is 0 Å². The minimum Gasteiger partial charge on any atom is -0.227 e. The first kappa shape index (κ1) is 13.1. The Bertz CT molecular complexity index is 245.